The second kappa shape index (κ2) is 11.0. The van der Waals surface area contributed by atoms with Crippen LogP contribution in [0.2, 0.25) is 0 Å². The molecule has 1 heteroatoms. The SMILES string of the molecule is CCCCC(C)CCC(C)CCCCBr. The van der Waals surface area contributed by atoms with Crippen LogP contribution < -0.4 is 0 Å². The lowest BCUT2D eigenvalue weighted by atomic mass is 9.92. The molecule has 0 rings (SSSR count). The van der Waals surface area contributed by atoms with Gasteiger partial charge in [-0.2, -0.15) is 0 Å². The van der Waals surface area contributed by atoms with E-state index in [9.17, 15) is 0 Å². The molecule has 15 heavy (non-hydrogen) atoms. The maximum Gasteiger partial charge on any atom is 0.00313 e. The Labute approximate surface area is 105 Å². The highest BCUT2D eigenvalue weighted by atomic mass is 79.9. The second-order valence-electron chi connectivity index (χ2n) is 5.11. The zero-order chi connectivity index (χ0) is 11.5. The zero-order valence-corrected chi connectivity index (χ0v) is 12.5. The molecular formula is C14H29Br. The largest absolute Gasteiger partial charge is 0.0928 e. The van der Waals surface area contributed by atoms with Crippen LogP contribution in [-0.4, -0.2) is 5.33 Å². The highest BCUT2D eigenvalue weighted by molar-refractivity contribution is 9.09. The molecule has 0 radical (unpaired) electrons. The van der Waals surface area contributed by atoms with Crippen LogP contribution in [0.25, 0.3) is 0 Å². The summed E-state index contributed by atoms with van der Waals surface area (Å²) in [4.78, 5) is 0. The number of halogens is 1. The van der Waals surface area contributed by atoms with Crippen molar-refractivity contribution in [3.63, 3.8) is 0 Å². The Balaban J connectivity index is 3.31. The minimum Gasteiger partial charge on any atom is -0.0928 e. The molecule has 0 saturated heterocycles. The first-order chi connectivity index (χ1) is 7.20. The predicted molar refractivity (Wildman–Crippen MR) is 74.7 cm³/mol. The maximum absolute atomic E-state index is 3.49. The fraction of sp³-hybridized carbons (Fsp3) is 1.00. The Morgan fingerprint density at radius 1 is 0.800 bits per heavy atom. The summed E-state index contributed by atoms with van der Waals surface area (Å²) in [5.41, 5.74) is 0. The highest BCUT2D eigenvalue weighted by Crippen LogP contribution is 2.20. The second-order valence-corrected chi connectivity index (χ2v) is 5.91. The van der Waals surface area contributed by atoms with Crippen molar-refractivity contribution < 1.29 is 0 Å². The van der Waals surface area contributed by atoms with Crippen molar-refractivity contribution in [3.05, 3.63) is 0 Å². The zero-order valence-electron chi connectivity index (χ0n) is 10.9. The van der Waals surface area contributed by atoms with E-state index < -0.39 is 0 Å². The molecule has 0 spiro atoms. The van der Waals surface area contributed by atoms with E-state index in [4.69, 9.17) is 0 Å². The van der Waals surface area contributed by atoms with E-state index >= 15 is 0 Å². The molecule has 0 fully saturated rings. The molecular weight excluding hydrogens is 248 g/mol. The van der Waals surface area contributed by atoms with Gasteiger partial charge in [0.25, 0.3) is 0 Å². The topological polar surface area (TPSA) is 0 Å². The number of alkyl halides is 1. The van der Waals surface area contributed by atoms with E-state index in [2.05, 4.69) is 36.7 Å². The average Bonchev–Trinajstić information content (AvgIpc) is 2.24. The lowest BCUT2D eigenvalue weighted by molar-refractivity contribution is 0.385. The summed E-state index contributed by atoms with van der Waals surface area (Å²) in [5.74, 6) is 1.89. The summed E-state index contributed by atoms with van der Waals surface area (Å²) in [7, 11) is 0. The van der Waals surface area contributed by atoms with Crippen molar-refractivity contribution in [2.45, 2.75) is 72.1 Å². The summed E-state index contributed by atoms with van der Waals surface area (Å²) >= 11 is 3.49. The van der Waals surface area contributed by atoms with Gasteiger partial charge in [0, 0.05) is 5.33 Å². The van der Waals surface area contributed by atoms with E-state index in [1.165, 1.54) is 56.7 Å². The van der Waals surface area contributed by atoms with Gasteiger partial charge in [-0.1, -0.05) is 81.6 Å². The Hall–Kier alpha value is 0.480. The molecule has 0 saturated carbocycles. The molecule has 0 amide bonds. The molecule has 0 aliphatic heterocycles. The lowest BCUT2D eigenvalue weighted by Gasteiger charge is -2.15. The minimum atomic E-state index is 0.938. The third kappa shape index (κ3) is 10.8. The first-order valence-corrected chi connectivity index (χ1v) is 7.88. The van der Waals surface area contributed by atoms with Gasteiger partial charge in [-0.3, -0.25) is 0 Å². The highest BCUT2D eigenvalue weighted by Gasteiger charge is 2.06. The van der Waals surface area contributed by atoms with Crippen LogP contribution in [0.15, 0.2) is 0 Å². The van der Waals surface area contributed by atoms with Crippen LogP contribution in [0, 0.1) is 11.8 Å². The van der Waals surface area contributed by atoms with Gasteiger partial charge in [0.15, 0.2) is 0 Å². The normalized spacial score (nSPS) is 15.2. The van der Waals surface area contributed by atoms with Gasteiger partial charge in [-0.25, -0.2) is 0 Å². The van der Waals surface area contributed by atoms with Crippen LogP contribution >= 0.6 is 15.9 Å². The summed E-state index contributed by atoms with van der Waals surface area (Å²) < 4.78 is 0. The summed E-state index contributed by atoms with van der Waals surface area (Å²) in [6.45, 7) is 7.12. The molecule has 0 aliphatic carbocycles. The van der Waals surface area contributed by atoms with Gasteiger partial charge in [0.05, 0.1) is 0 Å². The predicted octanol–water partition coefficient (Wildman–Crippen LogP) is 5.79. The fourth-order valence-corrected chi connectivity index (χ4v) is 2.39. The average molecular weight is 277 g/mol. The standard InChI is InChI=1S/C14H29Br/c1-4-5-8-13(2)10-11-14(3)9-6-7-12-15/h13-14H,4-12H2,1-3H3. The van der Waals surface area contributed by atoms with Gasteiger partial charge in [-0.15, -0.1) is 0 Å². The fourth-order valence-electron chi connectivity index (χ4n) is 2.00. The monoisotopic (exact) mass is 276 g/mol. The molecule has 0 aromatic rings. The molecule has 0 aliphatic rings. The van der Waals surface area contributed by atoms with Gasteiger partial charge < -0.3 is 0 Å². The maximum atomic E-state index is 3.49. The first-order valence-electron chi connectivity index (χ1n) is 6.76. The number of hydrogen-bond donors (Lipinski definition) is 0. The van der Waals surface area contributed by atoms with E-state index in [0.717, 1.165) is 11.8 Å². The smallest absolute Gasteiger partial charge is 0.00313 e. The first kappa shape index (κ1) is 15.5. The van der Waals surface area contributed by atoms with E-state index in [0.29, 0.717) is 0 Å². The Morgan fingerprint density at radius 3 is 1.80 bits per heavy atom. The third-order valence-electron chi connectivity index (χ3n) is 3.28. The van der Waals surface area contributed by atoms with Crippen LogP contribution in [0.3, 0.4) is 0 Å². The van der Waals surface area contributed by atoms with Gasteiger partial charge in [-0.05, 0) is 18.3 Å². The molecule has 0 aromatic heterocycles. The molecule has 0 heterocycles. The molecule has 0 nitrogen and oxygen atoms in total. The molecule has 0 bridgehead atoms. The van der Waals surface area contributed by atoms with Crippen LogP contribution in [0.5, 0.6) is 0 Å². The lowest BCUT2D eigenvalue weighted by Crippen LogP contribution is -2.01. The third-order valence-corrected chi connectivity index (χ3v) is 3.84. The van der Waals surface area contributed by atoms with Gasteiger partial charge in [0.1, 0.15) is 0 Å². The molecule has 2 atom stereocenters. The van der Waals surface area contributed by atoms with Crippen molar-refractivity contribution in [3.8, 4) is 0 Å². The molecule has 2 unspecified atom stereocenters. The Morgan fingerprint density at radius 2 is 1.33 bits per heavy atom. The molecule has 92 valence electrons. The summed E-state index contributed by atoms with van der Waals surface area (Å²) in [6.07, 6.45) is 11.2. The molecule has 0 aromatic carbocycles. The van der Waals surface area contributed by atoms with E-state index in [1.54, 1.807) is 0 Å². The van der Waals surface area contributed by atoms with Crippen molar-refractivity contribution >= 4 is 15.9 Å². The van der Waals surface area contributed by atoms with Crippen LogP contribution in [0.4, 0.5) is 0 Å². The Bertz CT molecular complexity index is 123. The van der Waals surface area contributed by atoms with E-state index in [1.807, 2.05) is 0 Å². The van der Waals surface area contributed by atoms with Crippen LogP contribution in [-0.2, 0) is 0 Å². The van der Waals surface area contributed by atoms with Crippen LogP contribution in [0.1, 0.15) is 72.1 Å². The van der Waals surface area contributed by atoms with Gasteiger partial charge >= 0.3 is 0 Å². The summed E-state index contributed by atoms with van der Waals surface area (Å²) in [5, 5.41) is 1.17. The number of hydrogen-bond acceptors (Lipinski definition) is 0. The Kier molecular flexibility index (Phi) is 11.3. The number of unbranched alkanes of at least 4 members (excludes halogenated alkanes) is 2. The number of rotatable bonds is 10. The van der Waals surface area contributed by atoms with Crippen molar-refractivity contribution in [2.75, 3.05) is 5.33 Å². The van der Waals surface area contributed by atoms with Gasteiger partial charge in [0.2, 0.25) is 0 Å². The van der Waals surface area contributed by atoms with Crippen molar-refractivity contribution in [2.24, 2.45) is 11.8 Å². The quantitative estimate of drug-likeness (QED) is 0.350. The minimum absolute atomic E-state index is 0.938. The van der Waals surface area contributed by atoms with Crippen molar-refractivity contribution in [1.29, 1.82) is 0 Å². The molecule has 0 N–H and O–H groups in total. The van der Waals surface area contributed by atoms with Crippen molar-refractivity contribution in [1.82, 2.24) is 0 Å². The van der Waals surface area contributed by atoms with E-state index in [-0.39, 0.29) is 0 Å². The summed E-state index contributed by atoms with van der Waals surface area (Å²) in [6, 6.07) is 0.